The van der Waals surface area contributed by atoms with Crippen molar-refractivity contribution in [3.05, 3.63) is 47.9 Å². The Morgan fingerprint density at radius 1 is 1.39 bits per heavy atom. The number of carbonyl (C=O) groups is 2. The number of fused-ring (bicyclic) bond motifs is 1. The lowest BCUT2D eigenvalue weighted by molar-refractivity contribution is -0.123. The van der Waals surface area contributed by atoms with Crippen LogP contribution >= 0.6 is 0 Å². The molecule has 2 aromatic rings. The minimum Gasteiger partial charge on any atom is -0.484 e. The summed E-state index contributed by atoms with van der Waals surface area (Å²) in [5, 5.41) is 6.55. The van der Waals surface area contributed by atoms with Crippen LogP contribution in [-0.2, 0) is 16.0 Å². The Morgan fingerprint density at radius 2 is 2.30 bits per heavy atom. The van der Waals surface area contributed by atoms with Gasteiger partial charge in [-0.15, -0.1) is 0 Å². The van der Waals surface area contributed by atoms with Crippen LogP contribution in [0.15, 0.2) is 46.1 Å². The molecule has 2 N–H and O–H groups in total. The van der Waals surface area contributed by atoms with Crippen molar-refractivity contribution in [1.82, 2.24) is 5.43 Å². The number of furan rings is 1. The molecule has 1 aromatic heterocycles. The highest BCUT2D eigenvalue weighted by atomic mass is 16.5. The summed E-state index contributed by atoms with van der Waals surface area (Å²) in [5.74, 6) is 0.756. The Bertz CT molecular complexity index is 738. The lowest BCUT2D eigenvalue weighted by Gasteiger charge is -2.17. The van der Waals surface area contributed by atoms with Crippen LogP contribution in [0.4, 0.5) is 5.69 Å². The minimum absolute atomic E-state index is 0.0139. The monoisotopic (exact) mass is 313 g/mol. The second-order valence-corrected chi connectivity index (χ2v) is 4.96. The molecular weight excluding hydrogens is 298 g/mol. The van der Waals surface area contributed by atoms with Crippen molar-refractivity contribution in [2.24, 2.45) is 5.10 Å². The van der Waals surface area contributed by atoms with Gasteiger partial charge in [0.25, 0.3) is 5.91 Å². The first kappa shape index (κ1) is 14.8. The molecule has 0 aliphatic carbocycles. The molecule has 1 aliphatic rings. The number of nitrogens with one attached hydrogen (secondary N) is 2. The fourth-order valence-electron chi connectivity index (χ4n) is 2.16. The Morgan fingerprint density at radius 3 is 3.13 bits per heavy atom. The van der Waals surface area contributed by atoms with Crippen LogP contribution in [0, 0.1) is 0 Å². The van der Waals surface area contributed by atoms with Crippen LogP contribution in [0.5, 0.6) is 5.75 Å². The molecule has 0 saturated heterocycles. The molecule has 0 fully saturated rings. The van der Waals surface area contributed by atoms with Crippen LogP contribution in [0.3, 0.4) is 0 Å². The highest BCUT2D eigenvalue weighted by molar-refractivity contribution is 5.94. The molecule has 3 rings (SSSR count). The Balaban J connectivity index is 1.50. The number of hydrogen-bond donors (Lipinski definition) is 2. The first-order valence-electron chi connectivity index (χ1n) is 7.12. The number of hydrogen-bond acceptors (Lipinski definition) is 5. The predicted molar refractivity (Wildman–Crippen MR) is 83.3 cm³/mol. The van der Waals surface area contributed by atoms with E-state index in [4.69, 9.17) is 9.15 Å². The highest BCUT2D eigenvalue weighted by Gasteiger charge is 2.15. The molecule has 0 radical (unpaired) electrons. The molecule has 0 unspecified atom stereocenters. The molecule has 0 spiro atoms. The molecule has 1 aromatic carbocycles. The lowest BCUT2D eigenvalue weighted by atomic mass is 10.0. The summed E-state index contributed by atoms with van der Waals surface area (Å²) in [6.45, 7) is -0.152. The third-order valence-corrected chi connectivity index (χ3v) is 3.27. The van der Waals surface area contributed by atoms with E-state index in [2.05, 4.69) is 15.8 Å². The minimum atomic E-state index is -0.376. The summed E-state index contributed by atoms with van der Waals surface area (Å²) in [5.41, 5.74) is 4.14. The van der Waals surface area contributed by atoms with E-state index in [1.54, 1.807) is 24.3 Å². The highest BCUT2D eigenvalue weighted by Crippen LogP contribution is 2.26. The number of anilines is 1. The van der Waals surface area contributed by atoms with E-state index in [0.29, 0.717) is 24.4 Å². The average molecular weight is 313 g/mol. The maximum atomic E-state index is 11.6. The van der Waals surface area contributed by atoms with Gasteiger partial charge in [-0.3, -0.25) is 9.59 Å². The van der Waals surface area contributed by atoms with Gasteiger partial charge in [-0.25, -0.2) is 5.43 Å². The fraction of sp³-hybridized carbons (Fsp3) is 0.188. The molecule has 2 heterocycles. The maximum absolute atomic E-state index is 11.6. The Labute approximate surface area is 132 Å². The quantitative estimate of drug-likeness (QED) is 0.649. The number of carbonyl (C=O) groups excluding carboxylic acids is 2. The first-order chi connectivity index (χ1) is 11.2. The zero-order valence-electron chi connectivity index (χ0n) is 12.2. The number of nitrogens with zero attached hydrogens (tertiary/aromatic N) is 1. The van der Waals surface area contributed by atoms with Crippen molar-refractivity contribution < 1.29 is 18.7 Å². The van der Waals surface area contributed by atoms with E-state index in [9.17, 15) is 9.59 Å². The molecular formula is C16H15N3O4. The van der Waals surface area contributed by atoms with Crippen LogP contribution in [0.25, 0.3) is 0 Å². The molecule has 7 nitrogen and oxygen atoms in total. The van der Waals surface area contributed by atoms with E-state index in [1.165, 1.54) is 12.5 Å². The normalized spacial score (nSPS) is 13.5. The molecule has 23 heavy (non-hydrogen) atoms. The van der Waals surface area contributed by atoms with Crippen LogP contribution < -0.4 is 15.5 Å². The summed E-state index contributed by atoms with van der Waals surface area (Å²) in [6, 6.07) is 8.76. The number of ether oxygens (including phenoxy) is 1. The molecule has 118 valence electrons. The number of benzene rings is 1. The maximum Gasteiger partial charge on any atom is 0.277 e. The van der Waals surface area contributed by atoms with E-state index in [1.807, 2.05) is 6.07 Å². The first-order valence-corrected chi connectivity index (χ1v) is 7.12. The van der Waals surface area contributed by atoms with Gasteiger partial charge in [0.2, 0.25) is 5.91 Å². The van der Waals surface area contributed by atoms with Gasteiger partial charge < -0.3 is 14.5 Å². The van der Waals surface area contributed by atoms with Crippen LogP contribution in [0.1, 0.15) is 17.7 Å². The second-order valence-electron chi connectivity index (χ2n) is 4.96. The van der Waals surface area contributed by atoms with E-state index in [-0.39, 0.29) is 18.4 Å². The van der Waals surface area contributed by atoms with Gasteiger partial charge in [-0.1, -0.05) is 0 Å². The SMILES string of the molecule is O=C(COc1ccc2c(c1)CCC(=O)N2)N/N=C/c1ccco1. The molecule has 0 bridgehead atoms. The second kappa shape index (κ2) is 6.78. The van der Waals surface area contributed by atoms with Gasteiger partial charge in [0.15, 0.2) is 6.61 Å². The van der Waals surface area contributed by atoms with Crippen molar-refractivity contribution in [3.8, 4) is 5.75 Å². The summed E-state index contributed by atoms with van der Waals surface area (Å²) in [6.07, 6.45) is 4.04. The van der Waals surface area contributed by atoms with Gasteiger partial charge in [-0.2, -0.15) is 5.10 Å². The van der Waals surface area contributed by atoms with Crippen molar-refractivity contribution in [2.75, 3.05) is 11.9 Å². The van der Waals surface area contributed by atoms with E-state index >= 15 is 0 Å². The molecule has 0 atom stereocenters. The Kier molecular flexibility index (Phi) is 4.37. The Hall–Kier alpha value is -3.09. The van der Waals surface area contributed by atoms with Crippen LogP contribution in [0.2, 0.25) is 0 Å². The zero-order valence-corrected chi connectivity index (χ0v) is 12.2. The van der Waals surface area contributed by atoms with Gasteiger partial charge >= 0.3 is 0 Å². The summed E-state index contributed by atoms with van der Waals surface area (Å²) in [7, 11) is 0. The third-order valence-electron chi connectivity index (χ3n) is 3.27. The van der Waals surface area contributed by atoms with Crippen LogP contribution in [-0.4, -0.2) is 24.6 Å². The zero-order chi connectivity index (χ0) is 16.1. The molecule has 2 amide bonds. The van der Waals surface area contributed by atoms with E-state index in [0.717, 1.165) is 11.3 Å². The smallest absolute Gasteiger partial charge is 0.277 e. The standard InChI is InChI=1S/C16H15N3O4/c20-15-6-3-11-8-12(4-5-14(11)18-15)23-10-16(21)19-17-9-13-2-1-7-22-13/h1-2,4-5,7-9H,3,6,10H2,(H,18,20)(H,19,21)/b17-9+. The van der Waals surface area contributed by atoms with Gasteiger partial charge in [-0.05, 0) is 42.3 Å². The fourth-order valence-corrected chi connectivity index (χ4v) is 2.16. The molecule has 0 saturated carbocycles. The lowest BCUT2D eigenvalue weighted by Crippen LogP contribution is -2.24. The third kappa shape index (κ3) is 3.97. The summed E-state index contributed by atoms with van der Waals surface area (Å²) in [4.78, 5) is 22.9. The predicted octanol–water partition coefficient (Wildman–Crippen LogP) is 1.69. The van der Waals surface area contributed by atoms with Crippen molar-refractivity contribution >= 4 is 23.7 Å². The number of rotatable bonds is 5. The average Bonchev–Trinajstić information content (AvgIpc) is 3.06. The van der Waals surface area contributed by atoms with Crippen molar-refractivity contribution in [1.29, 1.82) is 0 Å². The van der Waals surface area contributed by atoms with Gasteiger partial charge in [0.05, 0.1) is 12.5 Å². The van der Waals surface area contributed by atoms with Gasteiger partial charge in [0, 0.05) is 12.1 Å². The van der Waals surface area contributed by atoms with Crippen molar-refractivity contribution in [2.45, 2.75) is 12.8 Å². The van der Waals surface area contributed by atoms with E-state index < -0.39 is 0 Å². The largest absolute Gasteiger partial charge is 0.484 e. The summed E-state index contributed by atoms with van der Waals surface area (Å²) >= 11 is 0. The van der Waals surface area contributed by atoms with Gasteiger partial charge in [0.1, 0.15) is 11.5 Å². The summed E-state index contributed by atoms with van der Waals surface area (Å²) < 4.78 is 10.5. The van der Waals surface area contributed by atoms with Crippen molar-refractivity contribution in [3.63, 3.8) is 0 Å². The molecule has 1 aliphatic heterocycles. The topological polar surface area (TPSA) is 92.9 Å². The number of hydrazone groups is 1. The number of aryl methyl sites for hydroxylation is 1. The number of amides is 2. The molecule has 7 heteroatoms.